The molecule has 1 aromatic rings. The molecule has 1 rings (SSSR count). The van der Waals surface area contributed by atoms with E-state index in [1.54, 1.807) is 25.1 Å². The van der Waals surface area contributed by atoms with Crippen molar-refractivity contribution in [3.63, 3.8) is 0 Å². The number of halogens is 1. The zero-order valence-corrected chi connectivity index (χ0v) is 10.3. The van der Waals surface area contributed by atoms with Gasteiger partial charge in [0.15, 0.2) is 0 Å². The summed E-state index contributed by atoms with van der Waals surface area (Å²) in [5, 5.41) is 20.6. The van der Waals surface area contributed by atoms with Crippen molar-refractivity contribution in [2.75, 3.05) is 5.32 Å². The second-order valence-electron chi connectivity index (χ2n) is 3.25. The highest BCUT2D eigenvalue weighted by molar-refractivity contribution is 9.10. The molecule has 0 aliphatic carbocycles. The summed E-state index contributed by atoms with van der Waals surface area (Å²) in [7, 11) is 0. The molecule has 0 aromatic heterocycles. The molecule has 0 spiro atoms. The average molecular weight is 283 g/mol. The maximum atomic E-state index is 10.8. The molecule has 0 heterocycles. The predicted molar refractivity (Wildman–Crippen MR) is 64.2 cm³/mol. The Morgan fingerprint density at radius 1 is 1.69 bits per heavy atom. The Morgan fingerprint density at radius 3 is 2.88 bits per heavy atom. The molecule has 2 N–H and O–H groups in total. The van der Waals surface area contributed by atoms with Crippen LogP contribution in [0.3, 0.4) is 0 Å². The van der Waals surface area contributed by atoms with E-state index in [0.29, 0.717) is 17.7 Å². The van der Waals surface area contributed by atoms with Crippen LogP contribution in [-0.4, -0.2) is 17.1 Å². The topological polar surface area (TPSA) is 73.1 Å². The first-order valence-electron chi connectivity index (χ1n) is 4.77. The first-order valence-corrected chi connectivity index (χ1v) is 5.56. The summed E-state index contributed by atoms with van der Waals surface area (Å²) in [6, 6.07) is 6.45. The Hall–Kier alpha value is -1.54. The molecule has 0 fully saturated rings. The van der Waals surface area contributed by atoms with E-state index in [1.807, 2.05) is 6.07 Å². The minimum Gasteiger partial charge on any atom is -0.480 e. The van der Waals surface area contributed by atoms with Crippen LogP contribution < -0.4 is 5.32 Å². The van der Waals surface area contributed by atoms with Crippen molar-refractivity contribution in [3.05, 3.63) is 28.2 Å². The highest BCUT2D eigenvalue weighted by Crippen LogP contribution is 2.21. The van der Waals surface area contributed by atoms with Crippen LogP contribution >= 0.6 is 15.9 Å². The van der Waals surface area contributed by atoms with Crippen LogP contribution in [0.25, 0.3) is 0 Å². The van der Waals surface area contributed by atoms with Crippen molar-refractivity contribution < 1.29 is 9.90 Å². The van der Waals surface area contributed by atoms with E-state index in [9.17, 15) is 4.79 Å². The minimum absolute atomic E-state index is 0.425. The number of hydrogen-bond donors (Lipinski definition) is 2. The van der Waals surface area contributed by atoms with E-state index in [1.165, 1.54) is 0 Å². The third-order valence-electron chi connectivity index (χ3n) is 2.14. The van der Waals surface area contributed by atoms with Crippen molar-refractivity contribution in [2.24, 2.45) is 0 Å². The quantitative estimate of drug-likeness (QED) is 0.890. The monoisotopic (exact) mass is 282 g/mol. The summed E-state index contributed by atoms with van der Waals surface area (Å²) >= 11 is 3.25. The van der Waals surface area contributed by atoms with Crippen LogP contribution in [-0.2, 0) is 4.79 Å². The number of nitrogens with zero attached hydrogens (tertiary/aromatic N) is 1. The van der Waals surface area contributed by atoms with Gasteiger partial charge in [-0.3, -0.25) is 0 Å². The molecule has 5 heteroatoms. The van der Waals surface area contributed by atoms with E-state index < -0.39 is 12.0 Å². The fourth-order valence-corrected chi connectivity index (χ4v) is 1.62. The number of aliphatic carboxylic acids is 1. The zero-order chi connectivity index (χ0) is 12.1. The van der Waals surface area contributed by atoms with Gasteiger partial charge in [0.25, 0.3) is 0 Å². The molecule has 0 bridgehead atoms. The number of carbonyl (C=O) groups is 1. The number of hydrogen-bond acceptors (Lipinski definition) is 3. The third kappa shape index (κ3) is 2.97. The number of benzene rings is 1. The van der Waals surface area contributed by atoms with Gasteiger partial charge >= 0.3 is 5.97 Å². The highest BCUT2D eigenvalue weighted by atomic mass is 79.9. The van der Waals surface area contributed by atoms with Crippen LogP contribution in [0.2, 0.25) is 0 Å². The van der Waals surface area contributed by atoms with Crippen molar-refractivity contribution >= 4 is 27.6 Å². The fraction of sp³-hybridized carbons (Fsp3) is 0.273. The number of carboxylic acids is 1. The summed E-state index contributed by atoms with van der Waals surface area (Å²) in [6.45, 7) is 1.77. The largest absolute Gasteiger partial charge is 0.480 e. The second kappa shape index (κ2) is 5.52. The van der Waals surface area contributed by atoms with E-state index in [4.69, 9.17) is 10.4 Å². The molecule has 0 radical (unpaired) electrons. The van der Waals surface area contributed by atoms with Crippen LogP contribution in [0.1, 0.15) is 18.9 Å². The molecule has 0 saturated carbocycles. The molecule has 1 unspecified atom stereocenters. The van der Waals surface area contributed by atoms with Crippen LogP contribution in [0.5, 0.6) is 0 Å². The lowest BCUT2D eigenvalue weighted by atomic mass is 10.1. The molecule has 0 amide bonds. The first kappa shape index (κ1) is 12.5. The molecule has 0 aliphatic rings. The number of nitriles is 1. The summed E-state index contributed by atoms with van der Waals surface area (Å²) in [6.07, 6.45) is 0.455. The molecule has 16 heavy (non-hydrogen) atoms. The Labute approximate surface area is 102 Å². The highest BCUT2D eigenvalue weighted by Gasteiger charge is 2.15. The molecular formula is C11H11BrN2O2. The maximum Gasteiger partial charge on any atom is 0.326 e. The average Bonchev–Trinajstić information content (AvgIpc) is 2.26. The number of anilines is 1. The molecule has 1 aromatic carbocycles. The number of rotatable bonds is 4. The van der Waals surface area contributed by atoms with E-state index in [2.05, 4.69) is 21.2 Å². The van der Waals surface area contributed by atoms with Gasteiger partial charge in [-0.25, -0.2) is 4.79 Å². The lowest BCUT2D eigenvalue weighted by molar-refractivity contribution is -0.137. The molecule has 0 saturated heterocycles. The zero-order valence-electron chi connectivity index (χ0n) is 8.70. The number of nitrogens with one attached hydrogen (secondary N) is 1. The standard InChI is InChI=1S/C11H11BrN2O2/c1-2-9(11(15)16)14-10-4-3-8(12)5-7(10)6-13/h3-5,9,14H,2H2,1H3,(H,15,16). The van der Waals surface area contributed by atoms with Crippen molar-refractivity contribution in [1.29, 1.82) is 5.26 Å². The van der Waals surface area contributed by atoms with Crippen molar-refractivity contribution in [1.82, 2.24) is 0 Å². The SMILES string of the molecule is CCC(Nc1ccc(Br)cc1C#N)C(=O)O. The van der Waals surface area contributed by atoms with Gasteiger partial charge in [-0.05, 0) is 24.6 Å². The lowest BCUT2D eigenvalue weighted by Gasteiger charge is -2.14. The van der Waals surface area contributed by atoms with E-state index in [0.717, 1.165) is 4.47 Å². The maximum absolute atomic E-state index is 10.8. The normalized spacial score (nSPS) is 11.6. The van der Waals surface area contributed by atoms with Crippen LogP contribution in [0, 0.1) is 11.3 Å². The van der Waals surface area contributed by atoms with Gasteiger partial charge < -0.3 is 10.4 Å². The van der Waals surface area contributed by atoms with Gasteiger partial charge in [0, 0.05) is 4.47 Å². The molecule has 4 nitrogen and oxygen atoms in total. The summed E-state index contributed by atoms with van der Waals surface area (Å²) in [5.74, 6) is -0.922. The Morgan fingerprint density at radius 2 is 2.38 bits per heavy atom. The van der Waals surface area contributed by atoms with Gasteiger partial charge in [0.05, 0.1) is 11.3 Å². The molecule has 0 aliphatic heterocycles. The van der Waals surface area contributed by atoms with Crippen molar-refractivity contribution in [3.8, 4) is 6.07 Å². The summed E-state index contributed by atoms with van der Waals surface area (Å²) < 4.78 is 0.790. The van der Waals surface area contributed by atoms with Gasteiger partial charge in [-0.2, -0.15) is 5.26 Å². The third-order valence-corrected chi connectivity index (χ3v) is 2.63. The molecular weight excluding hydrogens is 272 g/mol. The Bertz CT molecular complexity index is 440. The van der Waals surface area contributed by atoms with Gasteiger partial charge in [-0.1, -0.05) is 22.9 Å². The summed E-state index contributed by atoms with van der Waals surface area (Å²) in [4.78, 5) is 10.8. The van der Waals surface area contributed by atoms with Gasteiger partial charge in [0.2, 0.25) is 0 Å². The van der Waals surface area contributed by atoms with Crippen LogP contribution in [0.4, 0.5) is 5.69 Å². The van der Waals surface area contributed by atoms with Gasteiger partial charge in [0.1, 0.15) is 12.1 Å². The summed E-state index contributed by atoms with van der Waals surface area (Å²) in [5.41, 5.74) is 0.967. The minimum atomic E-state index is -0.922. The smallest absolute Gasteiger partial charge is 0.326 e. The molecule has 84 valence electrons. The Balaban J connectivity index is 2.97. The lowest BCUT2D eigenvalue weighted by Crippen LogP contribution is -2.28. The van der Waals surface area contributed by atoms with Gasteiger partial charge in [-0.15, -0.1) is 0 Å². The van der Waals surface area contributed by atoms with E-state index in [-0.39, 0.29) is 0 Å². The first-order chi connectivity index (χ1) is 7.58. The Kier molecular flexibility index (Phi) is 4.32. The number of carboxylic acid groups (broad SMARTS) is 1. The molecule has 1 atom stereocenters. The van der Waals surface area contributed by atoms with E-state index >= 15 is 0 Å². The fourth-order valence-electron chi connectivity index (χ4n) is 1.26. The van der Waals surface area contributed by atoms with Crippen molar-refractivity contribution in [2.45, 2.75) is 19.4 Å². The second-order valence-corrected chi connectivity index (χ2v) is 4.16. The van der Waals surface area contributed by atoms with Crippen LogP contribution in [0.15, 0.2) is 22.7 Å². The predicted octanol–water partition coefficient (Wildman–Crippen LogP) is 2.60.